The van der Waals surface area contributed by atoms with Crippen molar-refractivity contribution in [2.75, 3.05) is 0 Å². The molecule has 0 saturated heterocycles. The van der Waals surface area contributed by atoms with E-state index in [9.17, 15) is 26.0 Å². The SMILES string of the molecule is F[B-](F)(F)F.Fc1cccc(F)c1-n1c[n+]2c(n1)CO[C@H]1Cc3ccccc3[C@H]12. The molecule has 3 aromatic rings. The number of halogens is 6. The van der Waals surface area contributed by atoms with Crippen molar-refractivity contribution in [1.29, 1.82) is 0 Å². The molecule has 2 atom stereocenters. The Balaban J connectivity index is 0.000000369. The van der Waals surface area contributed by atoms with Crippen LogP contribution in [0.5, 0.6) is 0 Å². The highest BCUT2D eigenvalue weighted by molar-refractivity contribution is 6.50. The first-order chi connectivity index (χ1) is 13.7. The molecule has 0 fully saturated rings. The zero-order chi connectivity index (χ0) is 20.8. The topological polar surface area (TPSA) is 30.9 Å². The summed E-state index contributed by atoms with van der Waals surface area (Å²) in [6.07, 6.45) is 2.54. The van der Waals surface area contributed by atoms with Gasteiger partial charge in [-0.25, -0.2) is 13.3 Å². The van der Waals surface area contributed by atoms with Crippen LogP contribution in [0, 0.1) is 11.6 Å². The Morgan fingerprint density at radius 2 is 1.66 bits per heavy atom. The molecule has 4 nitrogen and oxygen atoms in total. The number of hydrogen-bond donors (Lipinski definition) is 0. The zero-order valence-electron chi connectivity index (χ0n) is 14.8. The second-order valence-corrected chi connectivity index (χ2v) is 6.65. The third-order valence-corrected chi connectivity index (χ3v) is 4.79. The van der Waals surface area contributed by atoms with Crippen LogP contribution in [0.3, 0.4) is 0 Å². The summed E-state index contributed by atoms with van der Waals surface area (Å²) in [5.41, 5.74) is 2.27. The van der Waals surface area contributed by atoms with Crippen molar-refractivity contribution in [3.63, 3.8) is 0 Å². The van der Waals surface area contributed by atoms with E-state index in [0.717, 1.165) is 6.42 Å². The van der Waals surface area contributed by atoms with Crippen LogP contribution in [-0.2, 0) is 17.8 Å². The molecular weight excluding hydrogens is 399 g/mol. The predicted molar refractivity (Wildman–Crippen MR) is 90.7 cm³/mol. The lowest BCUT2D eigenvalue weighted by atomic mass is 10.1. The second kappa shape index (κ2) is 7.22. The summed E-state index contributed by atoms with van der Waals surface area (Å²) >= 11 is 0. The van der Waals surface area contributed by atoms with Gasteiger partial charge in [-0.3, -0.25) is 0 Å². The first-order valence-electron chi connectivity index (χ1n) is 8.73. The van der Waals surface area contributed by atoms with Gasteiger partial charge >= 0.3 is 13.1 Å². The molecule has 5 rings (SSSR count). The number of ether oxygens (including phenoxy) is 1. The quantitative estimate of drug-likeness (QED) is 0.346. The number of para-hydroxylation sites is 1. The number of fused-ring (bicyclic) bond motifs is 5. The van der Waals surface area contributed by atoms with E-state index in [2.05, 4.69) is 17.2 Å². The summed E-state index contributed by atoms with van der Waals surface area (Å²) in [6, 6.07) is 12.0. The summed E-state index contributed by atoms with van der Waals surface area (Å²) in [4.78, 5) is 0. The molecule has 0 unspecified atom stereocenters. The maximum atomic E-state index is 14.1. The van der Waals surface area contributed by atoms with Gasteiger partial charge in [0.15, 0.2) is 11.6 Å². The van der Waals surface area contributed by atoms with E-state index in [1.807, 2.05) is 16.7 Å². The third-order valence-electron chi connectivity index (χ3n) is 4.79. The van der Waals surface area contributed by atoms with E-state index < -0.39 is 18.9 Å². The predicted octanol–water partition coefficient (Wildman–Crippen LogP) is 3.78. The molecule has 1 aliphatic carbocycles. The lowest BCUT2D eigenvalue weighted by Gasteiger charge is -2.23. The van der Waals surface area contributed by atoms with Gasteiger partial charge in [0.05, 0.1) is 0 Å². The minimum Gasteiger partial charge on any atom is -0.418 e. The van der Waals surface area contributed by atoms with Gasteiger partial charge in [-0.15, -0.1) is 0 Å². The van der Waals surface area contributed by atoms with Gasteiger partial charge in [0, 0.05) is 11.5 Å². The van der Waals surface area contributed by atoms with Crippen LogP contribution < -0.4 is 4.57 Å². The number of rotatable bonds is 1. The monoisotopic (exact) mass is 413 g/mol. The van der Waals surface area contributed by atoms with Crippen LogP contribution in [0.4, 0.5) is 26.0 Å². The fraction of sp³-hybridized carbons (Fsp3) is 0.222. The smallest absolute Gasteiger partial charge is 0.418 e. The van der Waals surface area contributed by atoms with Gasteiger partial charge < -0.3 is 22.0 Å². The maximum Gasteiger partial charge on any atom is 0.673 e. The first kappa shape index (κ1) is 19.5. The first-order valence-corrected chi connectivity index (χ1v) is 8.73. The van der Waals surface area contributed by atoms with E-state index in [-0.39, 0.29) is 17.8 Å². The molecule has 2 aromatic carbocycles. The average molecular weight is 413 g/mol. The molecule has 1 aliphatic heterocycles. The molecular formula is C18H14BF6N3O. The van der Waals surface area contributed by atoms with Gasteiger partial charge in [-0.2, -0.15) is 0 Å². The highest BCUT2D eigenvalue weighted by Gasteiger charge is 2.43. The molecule has 0 N–H and O–H groups in total. The van der Waals surface area contributed by atoms with E-state index in [4.69, 9.17) is 4.74 Å². The Kier molecular flexibility index (Phi) is 4.85. The maximum absolute atomic E-state index is 14.1. The summed E-state index contributed by atoms with van der Waals surface area (Å²) in [5, 5.41) is 4.35. The van der Waals surface area contributed by atoms with Crippen molar-refractivity contribution in [2.45, 2.75) is 25.2 Å². The van der Waals surface area contributed by atoms with Crippen molar-refractivity contribution in [1.82, 2.24) is 9.78 Å². The molecule has 1 aromatic heterocycles. The van der Waals surface area contributed by atoms with Gasteiger partial charge in [-0.05, 0) is 23.3 Å². The van der Waals surface area contributed by atoms with Crippen molar-refractivity contribution in [2.24, 2.45) is 0 Å². The molecule has 11 heteroatoms. The van der Waals surface area contributed by atoms with Crippen LogP contribution in [0.15, 0.2) is 48.8 Å². The van der Waals surface area contributed by atoms with Crippen LogP contribution in [-0.4, -0.2) is 23.1 Å². The third kappa shape index (κ3) is 3.86. The zero-order valence-corrected chi connectivity index (χ0v) is 14.8. The Labute approximate surface area is 161 Å². The second-order valence-electron chi connectivity index (χ2n) is 6.65. The summed E-state index contributed by atoms with van der Waals surface area (Å²) in [5.74, 6) is -0.616. The van der Waals surface area contributed by atoms with E-state index >= 15 is 0 Å². The lowest BCUT2D eigenvalue weighted by Crippen LogP contribution is -2.51. The lowest BCUT2D eigenvalue weighted by molar-refractivity contribution is -0.739. The highest BCUT2D eigenvalue weighted by atomic mass is 19.5. The van der Waals surface area contributed by atoms with Gasteiger partial charge in [-0.1, -0.05) is 35.0 Å². The Morgan fingerprint density at radius 1 is 1.00 bits per heavy atom. The molecule has 2 aliphatic rings. The van der Waals surface area contributed by atoms with Gasteiger partial charge in [0.25, 0.3) is 0 Å². The fourth-order valence-corrected chi connectivity index (χ4v) is 3.74. The van der Waals surface area contributed by atoms with Crippen LogP contribution in [0.1, 0.15) is 23.0 Å². The van der Waals surface area contributed by atoms with Crippen molar-refractivity contribution >= 4 is 7.25 Å². The molecule has 0 spiro atoms. The number of hydrogen-bond acceptors (Lipinski definition) is 2. The Hall–Kier alpha value is -2.82. The minimum atomic E-state index is -6.00. The van der Waals surface area contributed by atoms with Crippen LogP contribution in [0.2, 0.25) is 0 Å². The Morgan fingerprint density at radius 3 is 2.34 bits per heavy atom. The van der Waals surface area contributed by atoms with Crippen LogP contribution in [0.25, 0.3) is 5.69 Å². The van der Waals surface area contributed by atoms with E-state index in [0.29, 0.717) is 12.4 Å². The number of nitrogens with zero attached hydrogens (tertiary/aromatic N) is 3. The minimum absolute atomic E-state index is 0.00599. The summed E-state index contributed by atoms with van der Waals surface area (Å²) in [7, 11) is -6.00. The molecule has 0 bridgehead atoms. The molecule has 0 amide bonds. The molecule has 2 heterocycles. The van der Waals surface area contributed by atoms with E-state index in [1.165, 1.54) is 34.0 Å². The molecule has 29 heavy (non-hydrogen) atoms. The summed E-state index contributed by atoms with van der Waals surface area (Å²) < 4.78 is 76.3. The summed E-state index contributed by atoms with van der Waals surface area (Å²) in [6.45, 7) is 0.332. The van der Waals surface area contributed by atoms with Crippen LogP contribution >= 0.6 is 0 Å². The Bertz CT molecular complexity index is 1030. The van der Waals surface area contributed by atoms with Gasteiger partial charge in [0.1, 0.15) is 18.8 Å². The van der Waals surface area contributed by atoms with Crippen molar-refractivity contribution < 1.29 is 35.3 Å². The number of benzene rings is 2. The van der Waals surface area contributed by atoms with E-state index in [1.54, 1.807) is 6.33 Å². The molecule has 0 radical (unpaired) electrons. The van der Waals surface area contributed by atoms with Gasteiger partial charge in [0.2, 0.25) is 12.0 Å². The van der Waals surface area contributed by atoms with Crippen molar-refractivity contribution in [3.8, 4) is 5.69 Å². The fourth-order valence-electron chi connectivity index (χ4n) is 3.74. The van der Waals surface area contributed by atoms with Crippen molar-refractivity contribution in [3.05, 3.63) is 77.4 Å². The standard InChI is InChI=1S/C18H14F2N3O.BF4/c19-13-6-3-7-14(20)18(13)23-10-22-16(21-23)9-24-15-8-11-4-1-2-5-12(11)17(15)22;2-1(3,4)5/h1-7,10,15,17H,8-9H2;/q+1;-1/t15-,17+;/m0./s1. The average Bonchev–Trinajstić information content (AvgIpc) is 3.20. The molecule has 152 valence electrons. The number of aromatic nitrogens is 3. The largest absolute Gasteiger partial charge is 0.673 e. The molecule has 0 saturated carbocycles. The highest BCUT2D eigenvalue weighted by Crippen LogP contribution is 2.35. The normalized spacial score (nSPS) is 19.7.